The Labute approximate surface area is 235 Å². The monoisotopic (exact) mass is 538 g/mol. The lowest BCUT2D eigenvalue weighted by Crippen LogP contribution is -2.32. The smallest absolute Gasteiger partial charge is 0.336 e. The number of terminal acetylenes is 1. The summed E-state index contributed by atoms with van der Waals surface area (Å²) in [7, 11) is 1.63. The van der Waals surface area contributed by atoms with Gasteiger partial charge in [-0.2, -0.15) is 0 Å². The van der Waals surface area contributed by atoms with Crippen LogP contribution in [0.1, 0.15) is 43.2 Å². The van der Waals surface area contributed by atoms with Gasteiger partial charge in [0.15, 0.2) is 5.78 Å². The number of methoxy groups -OCH3 is 1. The number of Topliss-reactive ketones (excluding diaryl/α,β-unsaturated/α-hetero) is 1. The molecule has 2 aromatic carbocycles. The van der Waals surface area contributed by atoms with Crippen molar-refractivity contribution in [1.82, 2.24) is 5.32 Å². The molecule has 1 aliphatic carbocycles. The second-order valence-electron chi connectivity index (χ2n) is 9.45. The number of ketones is 1. The van der Waals surface area contributed by atoms with Gasteiger partial charge in [-0.3, -0.25) is 4.79 Å². The number of ether oxygens (including phenoxy) is 2. The fraction of sp³-hybridized carbons (Fsp3) is 0.242. The molecule has 0 amide bonds. The number of aryl methyl sites for hydroxylation is 1. The number of hydrogen-bond donors (Lipinski definition) is 2. The molecule has 0 radical (unpaired) electrons. The standard InChI is InChI=1S/C26H26N2O4.C7H8O/c1-6-16(3)27-19(7-2)15-32-26(30)21-14-22-23(28-17(21)4)12-18(13-24(22)29)20-10-8-9-11-25(20)31-5;1-6-3-2-4-7(8)5-6/h1,7-11,18,28H,2-3,12-15H2,4-5H3;2-5,8H,1H3/t18-;/m1./s1. The SMILES string of the molecule is C#CC(=C)N=C(C=C)COC(=O)C1=C(C)NC2=C(C1)C(=O)C[C@H](c1ccccc1OC)C2.Cc1cccc(O)c1. The van der Waals surface area contributed by atoms with Crippen LogP contribution in [-0.4, -0.2) is 36.3 Å². The fourth-order valence-electron chi connectivity index (χ4n) is 4.55. The number of allylic oxidation sites excluding steroid dienone is 4. The van der Waals surface area contributed by atoms with Gasteiger partial charge < -0.3 is 19.9 Å². The van der Waals surface area contributed by atoms with Crippen molar-refractivity contribution in [1.29, 1.82) is 0 Å². The van der Waals surface area contributed by atoms with E-state index in [4.69, 9.17) is 21.0 Å². The van der Waals surface area contributed by atoms with E-state index >= 15 is 0 Å². The van der Waals surface area contributed by atoms with E-state index in [1.807, 2.05) is 43.3 Å². The van der Waals surface area contributed by atoms with Crippen LogP contribution in [0.3, 0.4) is 0 Å². The molecule has 4 rings (SSSR count). The number of benzene rings is 2. The molecule has 0 saturated carbocycles. The number of aromatic hydroxyl groups is 1. The number of para-hydroxylation sites is 1. The summed E-state index contributed by atoms with van der Waals surface area (Å²) < 4.78 is 10.9. The summed E-state index contributed by atoms with van der Waals surface area (Å²) in [6, 6.07) is 14.9. The van der Waals surface area contributed by atoms with Gasteiger partial charge in [0.25, 0.3) is 0 Å². The average Bonchev–Trinajstić information content (AvgIpc) is 2.94. The molecule has 0 bridgehead atoms. The van der Waals surface area contributed by atoms with Crippen LogP contribution in [0.4, 0.5) is 0 Å². The van der Waals surface area contributed by atoms with Gasteiger partial charge in [0.05, 0.1) is 18.4 Å². The summed E-state index contributed by atoms with van der Waals surface area (Å²) in [6.07, 6.45) is 7.98. The predicted octanol–water partition coefficient (Wildman–Crippen LogP) is 5.68. The summed E-state index contributed by atoms with van der Waals surface area (Å²) in [4.78, 5) is 29.8. The summed E-state index contributed by atoms with van der Waals surface area (Å²) in [5.41, 5.74) is 5.30. The minimum atomic E-state index is -0.512. The first-order valence-electron chi connectivity index (χ1n) is 12.8. The molecular formula is C33H34N2O5. The zero-order valence-electron chi connectivity index (χ0n) is 23.1. The Balaban J connectivity index is 0.000000472. The highest BCUT2D eigenvalue weighted by atomic mass is 16.5. The highest BCUT2D eigenvalue weighted by molar-refractivity contribution is 6.02. The molecule has 7 heteroatoms. The van der Waals surface area contributed by atoms with Crippen LogP contribution in [0.25, 0.3) is 0 Å². The van der Waals surface area contributed by atoms with Crippen molar-refractivity contribution in [3.63, 3.8) is 0 Å². The zero-order valence-corrected chi connectivity index (χ0v) is 23.1. The molecular weight excluding hydrogens is 504 g/mol. The predicted molar refractivity (Wildman–Crippen MR) is 157 cm³/mol. The number of dihydropyridines is 1. The number of phenols is 1. The lowest BCUT2D eigenvalue weighted by molar-refractivity contribution is -0.137. The van der Waals surface area contributed by atoms with Crippen molar-refractivity contribution < 1.29 is 24.2 Å². The minimum absolute atomic E-state index is 0.0156. The molecule has 1 atom stereocenters. The van der Waals surface area contributed by atoms with Gasteiger partial charge in [-0.25, -0.2) is 9.79 Å². The maximum Gasteiger partial charge on any atom is 0.336 e. The number of aliphatic imine (C=N–C) groups is 1. The van der Waals surface area contributed by atoms with Crippen molar-refractivity contribution >= 4 is 17.5 Å². The molecule has 1 aliphatic heterocycles. The first-order chi connectivity index (χ1) is 19.2. The minimum Gasteiger partial charge on any atom is -0.508 e. The van der Waals surface area contributed by atoms with E-state index in [9.17, 15) is 9.59 Å². The number of phenolic OH excluding ortho intramolecular Hbond substituents is 1. The van der Waals surface area contributed by atoms with Crippen molar-refractivity contribution in [2.24, 2.45) is 4.99 Å². The Hall–Kier alpha value is -4.83. The van der Waals surface area contributed by atoms with Gasteiger partial charge in [0.2, 0.25) is 0 Å². The Bertz CT molecular complexity index is 1440. The van der Waals surface area contributed by atoms with Gasteiger partial charge in [0, 0.05) is 35.7 Å². The molecule has 0 unspecified atom stereocenters. The molecule has 0 saturated heterocycles. The number of nitrogens with one attached hydrogen (secondary N) is 1. The molecule has 2 aromatic rings. The number of carbonyl (C=O) groups excluding carboxylic acids is 2. The van der Waals surface area contributed by atoms with Gasteiger partial charge >= 0.3 is 5.97 Å². The molecule has 0 aromatic heterocycles. The lowest BCUT2D eigenvalue weighted by Gasteiger charge is -2.32. The molecule has 2 N–H and O–H groups in total. The number of carbonyl (C=O) groups is 2. The maximum absolute atomic E-state index is 13.0. The average molecular weight is 539 g/mol. The van der Waals surface area contributed by atoms with Crippen LogP contribution in [-0.2, 0) is 14.3 Å². The van der Waals surface area contributed by atoms with Crippen molar-refractivity contribution in [2.75, 3.05) is 13.7 Å². The Kier molecular flexibility index (Phi) is 10.3. The fourth-order valence-corrected chi connectivity index (χ4v) is 4.55. The maximum atomic E-state index is 13.0. The summed E-state index contributed by atoms with van der Waals surface area (Å²) in [5.74, 6) is 2.94. The van der Waals surface area contributed by atoms with Crippen LogP contribution < -0.4 is 10.1 Å². The van der Waals surface area contributed by atoms with E-state index in [1.165, 1.54) is 6.08 Å². The third-order valence-electron chi connectivity index (χ3n) is 6.59. The van der Waals surface area contributed by atoms with Crippen LogP contribution >= 0.6 is 0 Å². The molecule has 7 nitrogen and oxygen atoms in total. The van der Waals surface area contributed by atoms with Crippen molar-refractivity contribution in [3.05, 3.63) is 107 Å². The molecule has 40 heavy (non-hydrogen) atoms. The number of nitrogens with zero attached hydrogens (tertiary/aromatic N) is 1. The topological polar surface area (TPSA) is 97.2 Å². The third kappa shape index (κ3) is 7.61. The normalized spacial score (nSPS) is 16.5. The van der Waals surface area contributed by atoms with Gasteiger partial charge in [0.1, 0.15) is 23.8 Å². The second kappa shape index (κ2) is 13.8. The Morgan fingerprint density at radius 3 is 2.60 bits per heavy atom. The summed E-state index contributed by atoms with van der Waals surface area (Å²) in [5, 5.41) is 12.1. The first kappa shape index (κ1) is 29.7. The van der Waals surface area contributed by atoms with Gasteiger partial charge in [-0.1, -0.05) is 49.4 Å². The molecule has 206 valence electrons. The highest BCUT2D eigenvalue weighted by Gasteiger charge is 2.34. The number of esters is 1. The summed E-state index contributed by atoms with van der Waals surface area (Å²) >= 11 is 0. The van der Waals surface area contributed by atoms with Gasteiger partial charge in [-0.05, 0) is 55.7 Å². The Morgan fingerprint density at radius 1 is 1.23 bits per heavy atom. The van der Waals surface area contributed by atoms with E-state index in [2.05, 4.69) is 29.4 Å². The van der Waals surface area contributed by atoms with Crippen molar-refractivity contribution in [3.8, 4) is 23.8 Å². The second-order valence-corrected chi connectivity index (χ2v) is 9.45. The lowest BCUT2D eigenvalue weighted by atomic mass is 9.78. The zero-order chi connectivity index (χ0) is 29.2. The molecule has 2 aliphatic rings. The number of hydrogen-bond acceptors (Lipinski definition) is 7. The van der Waals surface area contributed by atoms with E-state index in [0.717, 1.165) is 22.6 Å². The van der Waals surface area contributed by atoms with Crippen LogP contribution in [0.2, 0.25) is 0 Å². The van der Waals surface area contributed by atoms with Crippen LogP contribution in [0, 0.1) is 19.3 Å². The van der Waals surface area contributed by atoms with Gasteiger partial charge in [-0.15, -0.1) is 6.42 Å². The van der Waals surface area contributed by atoms with E-state index in [0.29, 0.717) is 41.1 Å². The quantitative estimate of drug-likeness (QED) is 0.267. The van der Waals surface area contributed by atoms with E-state index in [-0.39, 0.29) is 30.4 Å². The first-order valence-corrected chi connectivity index (χ1v) is 12.8. The van der Waals surface area contributed by atoms with Crippen LogP contribution in [0.5, 0.6) is 11.5 Å². The van der Waals surface area contributed by atoms with Crippen molar-refractivity contribution in [2.45, 2.75) is 39.0 Å². The third-order valence-corrected chi connectivity index (χ3v) is 6.59. The largest absolute Gasteiger partial charge is 0.508 e. The summed E-state index contributed by atoms with van der Waals surface area (Å²) in [6.45, 7) is 10.9. The molecule has 0 spiro atoms. The number of rotatable bonds is 7. The van der Waals surface area contributed by atoms with E-state index < -0.39 is 5.97 Å². The highest BCUT2D eigenvalue weighted by Crippen LogP contribution is 2.41. The van der Waals surface area contributed by atoms with Crippen LogP contribution in [0.15, 0.2) is 101 Å². The van der Waals surface area contributed by atoms with E-state index in [1.54, 1.807) is 26.2 Å². The molecule has 0 fully saturated rings. The Morgan fingerprint density at radius 2 is 1.98 bits per heavy atom. The molecule has 1 heterocycles.